The summed E-state index contributed by atoms with van der Waals surface area (Å²) in [6, 6.07) is 2.23. The van der Waals surface area contributed by atoms with E-state index in [1.165, 1.54) is 11.1 Å². The van der Waals surface area contributed by atoms with Gasteiger partial charge in [-0.3, -0.25) is 4.98 Å². The lowest BCUT2D eigenvalue weighted by atomic mass is 9.76. The second kappa shape index (κ2) is 3.49. The van der Waals surface area contributed by atoms with Crippen LogP contribution in [0.2, 0.25) is 0 Å². The van der Waals surface area contributed by atoms with Crippen LogP contribution in [-0.2, 0) is 5.41 Å². The number of nitrogens with zero attached hydrogens (tertiary/aromatic N) is 1. The summed E-state index contributed by atoms with van der Waals surface area (Å²) >= 11 is 0. The molecule has 1 heteroatoms. The van der Waals surface area contributed by atoms with E-state index in [2.05, 4.69) is 45.7 Å². The highest BCUT2D eigenvalue weighted by atomic mass is 14.6. The first-order valence-corrected chi connectivity index (χ1v) is 4.86. The van der Waals surface area contributed by atoms with Gasteiger partial charge < -0.3 is 0 Å². The Morgan fingerprint density at radius 1 is 1.23 bits per heavy atom. The van der Waals surface area contributed by atoms with Crippen LogP contribution in [0.25, 0.3) is 0 Å². The van der Waals surface area contributed by atoms with Gasteiger partial charge in [0.25, 0.3) is 0 Å². The molecule has 0 spiro atoms. The van der Waals surface area contributed by atoms with E-state index < -0.39 is 0 Å². The Bertz CT molecular complexity index is 287. The van der Waals surface area contributed by atoms with Crippen LogP contribution in [0.4, 0.5) is 0 Å². The number of hydrogen-bond acceptors (Lipinski definition) is 1. The van der Waals surface area contributed by atoms with Gasteiger partial charge in [0.2, 0.25) is 0 Å². The Morgan fingerprint density at radius 3 is 2.31 bits per heavy atom. The first-order chi connectivity index (χ1) is 5.94. The van der Waals surface area contributed by atoms with E-state index >= 15 is 0 Å². The van der Waals surface area contributed by atoms with E-state index in [1.54, 1.807) is 0 Å². The molecule has 0 saturated carbocycles. The Morgan fingerprint density at radius 2 is 1.85 bits per heavy atom. The molecule has 1 aromatic rings. The van der Waals surface area contributed by atoms with Crippen molar-refractivity contribution in [3.8, 4) is 0 Å². The van der Waals surface area contributed by atoms with E-state index in [4.69, 9.17) is 0 Å². The molecule has 1 heterocycles. The number of aromatic nitrogens is 1. The molecule has 1 nitrogen and oxygen atoms in total. The van der Waals surface area contributed by atoms with Crippen LogP contribution in [0.5, 0.6) is 0 Å². The lowest BCUT2D eigenvalue weighted by Crippen LogP contribution is -2.24. The maximum Gasteiger partial charge on any atom is 0.0305 e. The lowest BCUT2D eigenvalue weighted by Gasteiger charge is -2.29. The van der Waals surface area contributed by atoms with Crippen LogP contribution >= 0.6 is 0 Å². The molecule has 0 atom stereocenters. The normalized spacial score (nSPS) is 12.2. The third-order valence-electron chi connectivity index (χ3n) is 3.06. The summed E-state index contributed by atoms with van der Waals surface area (Å²) in [5.74, 6) is 0.635. The summed E-state index contributed by atoms with van der Waals surface area (Å²) in [5, 5.41) is 0. The van der Waals surface area contributed by atoms with Gasteiger partial charge in [-0.05, 0) is 29.4 Å². The van der Waals surface area contributed by atoms with Crippen molar-refractivity contribution in [2.24, 2.45) is 5.92 Å². The van der Waals surface area contributed by atoms with Gasteiger partial charge in [0.05, 0.1) is 0 Å². The molecule has 1 aromatic heterocycles. The fourth-order valence-electron chi connectivity index (χ4n) is 1.24. The summed E-state index contributed by atoms with van der Waals surface area (Å²) < 4.78 is 0. The van der Waals surface area contributed by atoms with Crippen LogP contribution in [0, 0.1) is 12.8 Å². The van der Waals surface area contributed by atoms with Gasteiger partial charge in [-0.25, -0.2) is 0 Å². The summed E-state index contributed by atoms with van der Waals surface area (Å²) in [5.41, 5.74) is 2.80. The molecule has 0 saturated heterocycles. The fourth-order valence-corrected chi connectivity index (χ4v) is 1.24. The predicted octanol–water partition coefficient (Wildman–Crippen LogP) is 3.32. The third kappa shape index (κ3) is 2.09. The summed E-state index contributed by atoms with van der Waals surface area (Å²) in [6.07, 6.45) is 3.88. The molecule has 0 radical (unpaired) electrons. The molecule has 13 heavy (non-hydrogen) atoms. The Balaban J connectivity index is 3.07. The van der Waals surface area contributed by atoms with Crippen LogP contribution in [0.15, 0.2) is 18.5 Å². The molecule has 0 aromatic carbocycles. The van der Waals surface area contributed by atoms with Crippen LogP contribution in [0.3, 0.4) is 0 Å². The van der Waals surface area contributed by atoms with Crippen molar-refractivity contribution in [1.29, 1.82) is 0 Å². The number of rotatable bonds is 2. The minimum atomic E-state index is 0.221. The summed E-state index contributed by atoms with van der Waals surface area (Å²) in [4.78, 5) is 4.23. The van der Waals surface area contributed by atoms with Crippen molar-refractivity contribution in [2.75, 3.05) is 0 Å². The average molecular weight is 177 g/mol. The van der Waals surface area contributed by atoms with E-state index in [1.807, 2.05) is 12.4 Å². The Hall–Kier alpha value is -0.850. The monoisotopic (exact) mass is 177 g/mol. The van der Waals surface area contributed by atoms with Gasteiger partial charge in [0.15, 0.2) is 0 Å². The van der Waals surface area contributed by atoms with Gasteiger partial charge in [0, 0.05) is 12.4 Å². The second-order valence-electron chi connectivity index (χ2n) is 4.63. The average Bonchev–Trinajstić information content (AvgIpc) is 2.04. The number of aryl methyl sites for hydroxylation is 1. The van der Waals surface area contributed by atoms with Gasteiger partial charge in [-0.15, -0.1) is 0 Å². The SMILES string of the molecule is Cc1cncc(C(C)(C)C(C)C)c1. The topological polar surface area (TPSA) is 12.9 Å². The molecule has 0 fully saturated rings. The van der Waals surface area contributed by atoms with Crippen molar-refractivity contribution < 1.29 is 0 Å². The van der Waals surface area contributed by atoms with Crippen molar-refractivity contribution in [1.82, 2.24) is 4.98 Å². The number of pyridine rings is 1. The van der Waals surface area contributed by atoms with E-state index in [9.17, 15) is 0 Å². The first kappa shape index (κ1) is 10.2. The smallest absolute Gasteiger partial charge is 0.0305 e. The minimum absolute atomic E-state index is 0.221. The minimum Gasteiger partial charge on any atom is -0.264 e. The number of hydrogen-bond donors (Lipinski definition) is 0. The summed E-state index contributed by atoms with van der Waals surface area (Å²) in [7, 11) is 0. The quantitative estimate of drug-likeness (QED) is 0.675. The van der Waals surface area contributed by atoms with E-state index in [0.717, 1.165) is 0 Å². The maximum absolute atomic E-state index is 4.23. The molecule has 72 valence electrons. The van der Waals surface area contributed by atoms with E-state index in [0.29, 0.717) is 5.92 Å². The van der Waals surface area contributed by atoms with Gasteiger partial charge in [0.1, 0.15) is 0 Å². The molecular formula is C12H19N. The van der Waals surface area contributed by atoms with Crippen molar-refractivity contribution >= 4 is 0 Å². The highest BCUT2D eigenvalue weighted by Gasteiger charge is 2.24. The molecule has 0 aliphatic rings. The van der Waals surface area contributed by atoms with Crippen LogP contribution < -0.4 is 0 Å². The van der Waals surface area contributed by atoms with Crippen molar-refractivity contribution in [3.63, 3.8) is 0 Å². The largest absolute Gasteiger partial charge is 0.264 e. The van der Waals surface area contributed by atoms with Crippen LogP contribution in [0.1, 0.15) is 38.8 Å². The molecule has 0 aliphatic heterocycles. The molecular weight excluding hydrogens is 158 g/mol. The van der Waals surface area contributed by atoms with E-state index in [-0.39, 0.29) is 5.41 Å². The van der Waals surface area contributed by atoms with Crippen molar-refractivity contribution in [3.05, 3.63) is 29.6 Å². The molecule has 0 bridgehead atoms. The molecule has 0 N–H and O–H groups in total. The Labute approximate surface area is 81.2 Å². The zero-order chi connectivity index (χ0) is 10.1. The standard InChI is InChI=1S/C12H19N/c1-9(2)12(4,5)11-6-10(3)7-13-8-11/h6-9H,1-5H3. The molecule has 0 unspecified atom stereocenters. The second-order valence-corrected chi connectivity index (χ2v) is 4.63. The third-order valence-corrected chi connectivity index (χ3v) is 3.06. The van der Waals surface area contributed by atoms with Gasteiger partial charge in [-0.2, -0.15) is 0 Å². The molecule has 0 amide bonds. The van der Waals surface area contributed by atoms with Gasteiger partial charge >= 0.3 is 0 Å². The molecule has 1 rings (SSSR count). The lowest BCUT2D eigenvalue weighted by molar-refractivity contribution is 0.371. The van der Waals surface area contributed by atoms with Crippen molar-refractivity contribution in [2.45, 2.75) is 40.0 Å². The zero-order valence-corrected chi connectivity index (χ0v) is 9.26. The molecule has 0 aliphatic carbocycles. The van der Waals surface area contributed by atoms with Crippen LogP contribution in [-0.4, -0.2) is 4.98 Å². The highest BCUT2D eigenvalue weighted by molar-refractivity contribution is 5.24. The highest BCUT2D eigenvalue weighted by Crippen LogP contribution is 2.30. The summed E-state index contributed by atoms with van der Waals surface area (Å²) in [6.45, 7) is 11.1. The first-order valence-electron chi connectivity index (χ1n) is 4.86. The predicted molar refractivity (Wildman–Crippen MR) is 56.8 cm³/mol. The zero-order valence-electron chi connectivity index (χ0n) is 9.26. The fraction of sp³-hybridized carbons (Fsp3) is 0.583. The maximum atomic E-state index is 4.23. The van der Waals surface area contributed by atoms with Gasteiger partial charge in [-0.1, -0.05) is 33.8 Å². The Kier molecular flexibility index (Phi) is 2.74.